The van der Waals surface area contributed by atoms with Crippen molar-refractivity contribution in [2.24, 2.45) is 0 Å². The van der Waals surface area contributed by atoms with Gasteiger partial charge in [0.15, 0.2) is 5.13 Å². The predicted octanol–water partition coefficient (Wildman–Crippen LogP) is 7.19. The Kier molecular flexibility index (Phi) is 8.00. The molecule has 2 amide bonds. The summed E-state index contributed by atoms with van der Waals surface area (Å²) in [5, 5.41) is 8.17. The fourth-order valence-electron chi connectivity index (χ4n) is 3.50. The number of aryl methyl sites for hydroxylation is 2. The van der Waals surface area contributed by atoms with Gasteiger partial charge in [-0.3, -0.25) is 9.59 Å². The minimum atomic E-state index is -0.288. The van der Waals surface area contributed by atoms with Gasteiger partial charge >= 0.3 is 0 Å². The lowest BCUT2D eigenvalue weighted by molar-refractivity contribution is -0.115. The molecule has 5 nitrogen and oxygen atoms in total. The normalized spacial score (nSPS) is 11.6. The monoisotopic (exact) mass is 501 g/mol. The maximum atomic E-state index is 13.0. The Labute approximate surface area is 214 Å². The maximum Gasteiger partial charge on any atom is 0.255 e. The van der Waals surface area contributed by atoms with Crippen LogP contribution < -0.4 is 10.6 Å². The molecule has 4 rings (SSSR count). The van der Waals surface area contributed by atoms with Gasteiger partial charge in [-0.1, -0.05) is 60.5 Å². The van der Waals surface area contributed by atoms with Crippen LogP contribution in [0.4, 0.5) is 10.8 Å². The second-order valence-corrected chi connectivity index (χ2v) is 10.4. The van der Waals surface area contributed by atoms with Crippen molar-refractivity contribution in [3.8, 4) is 11.3 Å². The van der Waals surface area contributed by atoms with E-state index in [2.05, 4.69) is 15.6 Å². The number of anilines is 2. The number of rotatable bonds is 8. The van der Waals surface area contributed by atoms with Crippen molar-refractivity contribution < 1.29 is 9.59 Å². The molecule has 7 heteroatoms. The predicted molar refractivity (Wildman–Crippen MR) is 146 cm³/mol. The van der Waals surface area contributed by atoms with Crippen LogP contribution >= 0.6 is 23.1 Å². The zero-order valence-corrected chi connectivity index (χ0v) is 21.5. The number of benzene rings is 3. The summed E-state index contributed by atoms with van der Waals surface area (Å²) in [5.41, 5.74) is 5.41. The Bertz CT molecular complexity index is 1330. The summed E-state index contributed by atoms with van der Waals surface area (Å²) in [5.74, 6) is -0.245. The average molecular weight is 502 g/mol. The molecule has 0 radical (unpaired) electrons. The third-order valence-electron chi connectivity index (χ3n) is 5.40. The summed E-state index contributed by atoms with van der Waals surface area (Å²) in [6.45, 7) is 5.99. The molecule has 0 aliphatic heterocycles. The van der Waals surface area contributed by atoms with Crippen molar-refractivity contribution in [2.45, 2.75) is 37.3 Å². The Morgan fingerprint density at radius 3 is 2.46 bits per heavy atom. The van der Waals surface area contributed by atoms with E-state index in [1.54, 1.807) is 6.07 Å². The Balaban J connectivity index is 1.39. The lowest BCUT2D eigenvalue weighted by Crippen LogP contribution is -2.24. The van der Waals surface area contributed by atoms with Gasteiger partial charge in [0, 0.05) is 27.1 Å². The third kappa shape index (κ3) is 6.59. The zero-order chi connectivity index (χ0) is 24.8. The van der Waals surface area contributed by atoms with Crippen LogP contribution in [0, 0.1) is 13.8 Å². The Morgan fingerprint density at radius 1 is 0.943 bits per heavy atom. The molecule has 0 aliphatic rings. The highest BCUT2D eigenvalue weighted by atomic mass is 32.2. The second-order valence-electron chi connectivity index (χ2n) is 8.26. The first-order valence-electron chi connectivity index (χ1n) is 11.4. The van der Waals surface area contributed by atoms with Gasteiger partial charge in [0.25, 0.3) is 5.91 Å². The highest BCUT2D eigenvalue weighted by Crippen LogP contribution is 2.30. The molecule has 0 saturated carbocycles. The average Bonchev–Trinajstić information content (AvgIpc) is 3.31. The van der Waals surface area contributed by atoms with E-state index in [9.17, 15) is 9.59 Å². The number of hydrogen-bond acceptors (Lipinski definition) is 5. The van der Waals surface area contributed by atoms with Gasteiger partial charge in [0.05, 0.1) is 10.9 Å². The van der Waals surface area contributed by atoms with Crippen molar-refractivity contribution in [1.82, 2.24) is 4.98 Å². The van der Waals surface area contributed by atoms with Crippen LogP contribution in [0.5, 0.6) is 0 Å². The fraction of sp³-hybridized carbons (Fsp3) is 0.179. The fourth-order valence-corrected chi connectivity index (χ4v) is 5.23. The van der Waals surface area contributed by atoms with Crippen LogP contribution in [-0.4, -0.2) is 22.0 Å². The molecular weight excluding hydrogens is 474 g/mol. The van der Waals surface area contributed by atoms with E-state index in [-0.39, 0.29) is 17.1 Å². The summed E-state index contributed by atoms with van der Waals surface area (Å²) in [6, 6.07) is 23.2. The van der Waals surface area contributed by atoms with Crippen molar-refractivity contribution in [3.63, 3.8) is 0 Å². The SMILES string of the molecule is CCC(Sc1cccc(NC(=O)c2cccc(C)c2)c1)C(=O)Nc1nc(-c2ccc(C)cc2)cs1. The first-order chi connectivity index (χ1) is 16.9. The van der Waals surface area contributed by atoms with E-state index in [0.29, 0.717) is 22.8 Å². The smallest absolute Gasteiger partial charge is 0.255 e. The van der Waals surface area contributed by atoms with Crippen LogP contribution in [0.3, 0.4) is 0 Å². The van der Waals surface area contributed by atoms with Crippen molar-refractivity contribution >= 4 is 45.7 Å². The highest BCUT2D eigenvalue weighted by molar-refractivity contribution is 8.00. The lowest BCUT2D eigenvalue weighted by atomic mass is 10.1. The quantitative estimate of drug-likeness (QED) is 0.251. The Morgan fingerprint density at radius 2 is 1.71 bits per heavy atom. The van der Waals surface area contributed by atoms with E-state index in [0.717, 1.165) is 21.7 Å². The molecule has 0 bridgehead atoms. The molecule has 1 heterocycles. The lowest BCUT2D eigenvalue weighted by Gasteiger charge is -2.14. The van der Waals surface area contributed by atoms with Crippen molar-refractivity contribution in [3.05, 3.63) is 94.9 Å². The number of carbonyl (C=O) groups is 2. The number of carbonyl (C=O) groups excluding carboxylic acids is 2. The Hall–Kier alpha value is -3.42. The first kappa shape index (κ1) is 24.7. The molecule has 1 unspecified atom stereocenters. The summed E-state index contributed by atoms with van der Waals surface area (Å²) < 4.78 is 0. The van der Waals surface area contributed by atoms with Gasteiger partial charge in [-0.15, -0.1) is 23.1 Å². The van der Waals surface area contributed by atoms with Crippen molar-refractivity contribution in [1.29, 1.82) is 0 Å². The number of nitrogens with zero attached hydrogens (tertiary/aromatic N) is 1. The number of aromatic nitrogens is 1. The molecule has 1 aromatic heterocycles. The van der Waals surface area contributed by atoms with E-state index in [1.165, 1.54) is 28.7 Å². The number of hydrogen-bond donors (Lipinski definition) is 2. The van der Waals surface area contributed by atoms with Crippen molar-refractivity contribution in [2.75, 3.05) is 10.6 Å². The van der Waals surface area contributed by atoms with Crippen LogP contribution in [-0.2, 0) is 4.79 Å². The molecule has 4 aromatic rings. The highest BCUT2D eigenvalue weighted by Gasteiger charge is 2.20. The van der Waals surface area contributed by atoms with Gasteiger partial charge < -0.3 is 10.6 Å². The minimum absolute atomic E-state index is 0.0866. The molecule has 1 atom stereocenters. The number of nitrogens with one attached hydrogen (secondary N) is 2. The van der Waals surface area contributed by atoms with Crippen LogP contribution in [0.1, 0.15) is 34.8 Å². The van der Waals surface area contributed by atoms with Gasteiger partial charge in [0.1, 0.15) is 0 Å². The molecule has 0 fully saturated rings. The third-order valence-corrected chi connectivity index (χ3v) is 7.51. The minimum Gasteiger partial charge on any atom is -0.322 e. The maximum absolute atomic E-state index is 13.0. The zero-order valence-electron chi connectivity index (χ0n) is 19.9. The molecule has 35 heavy (non-hydrogen) atoms. The summed E-state index contributed by atoms with van der Waals surface area (Å²) in [4.78, 5) is 31.1. The molecule has 178 valence electrons. The second kappa shape index (κ2) is 11.3. The van der Waals surface area contributed by atoms with Gasteiger partial charge in [0.2, 0.25) is 5.91 Å². The van der Waals surface area contributed by atoms with Crippen LogP contribution in [0.25, 0.3) is 11.3 Å². The summed E-state index contributed by atoms with van der Waals surface area (Å²) in [6.07, 6.45) is 0.659. The van der Waals surface area contributed by atoms with Crippen LogP contribution in [0.15, 0.2) is 83.1 Å². The van der Waals surface area contributed by atoms with E-state index in [1.807, 2.05) is 92.9 Å². The standard InChI is InChI=1S/C28H27N3O2S2/c1-4-25(27(33)31-28-30-24(17-34-28)20-13-11-18(2)12-14-20)35-23-10-6-9-22(16-23)29-26(32)21-8-5-7-19(3)15-21/h5-17,25H,4H2,1-3H3,(H,29,32)(H,30,31,33). The van der Waals surface area contributed by atoms with E-state index >= 15 is 0 Å². The molecule has 0 saturated heterocycles. The molecule has 2 N–H and O–H groups in total. The molecule has 0 aliphatic carbocycles. The first-order valence-corrected chi connectivity index (χ1v) is 13.2. The largest absolute Gasteiger partial charge is 0.322 e. The summed E-state index contributed by atoms with van der Waals surface area (Å²) in [7, 11) is 0. The van der Waals surface area contributed by atoms with Gasteiger partial charge in [-0.05, 0) is 50.6 Å². The molecule has 0 spiro atoms. The van der Waals surface area contributed by atoms with Gasteiger partial charge in [-0.25, -0.2) is 4.98 Å². The number of thiazole rings is 1. The topological polar surface area (TPSA) is 71.1 Å². The van der Waals surface area contributed by atoms with E-state index in [4.69, 9.17) is 0 Å². The van der Waals surface area contributed by atoms with Gasteiger partial charge in [-0.2, -0.15) is 0 Å². The molecular formula is C28H27N3O2S2. The number of amides is 2. The number of thioether (sulfide) groups is 1. The van der Waals surface area contributed by atoms with Crippen LogP contribution in [0.2, 0.25) is 0 Å². The summed E-state index contributed by atoms with van der Waals surface area (Å²) >= 11 is 2.89. The molecule has 3 aromatic carbocycles. The van der Waals surface area contributed by atoms with E-state index < -0.39 is 0 Å².